The van der Waals surface area contributed by atoms with Crippen LogP contribution in [0.3, 0.4) is 0 Å². The zero-order valence-corrected chi connectivity index (χ0v) is 10.8. The fourth-order valence-corrected chi connectivity index (χ4v) is 2.77. The van der Waals surface area contributed by atoms with Crippen LogP contribution in [0.4, 0.5) is 8.78 Å². The van der Waals surface area contributed by atoms with Crippen molar-refractivity contribution in [3.63, 3.8) is 0 Å². The standard InChI is InChI=1S/C12H10F2N4S/c1-5-11(19-8(4-15)16-5)12-17-7-3-2-6(13)9(14)10(7)18-12/h2-3H,4,15H2,1H3,(H,17,18). The Bertz CT molecular complexity index is 763. The Morgan fingerprint density at radius 3 is 2.79 bits per heavy atom. The van der Waals surface area contributed by atoms with E-state index in [4.69, 9.17) is 5.73 Å². The number of aromatic amines is 1. The first-order valence-corrected chi connectivity index (χ1v) is 6.42. The molecular weight excluding hydrogens is 270 g/mol. The van der Waals surface area contributed by atoms with Crippen LogP contribution in [0.15, 0.2) is 12.1 Å². The van der Waals surface area contributed by atoms with E-state index in [1.807, 2.05) is 6.92 Å². The molecule has 3 N–H and O–H groups in total. The van der Waals surface area contributed by atoms with E-state index in [1.165, 1.54) is 17.4 Å². The molecule has 0 atom stereocenters. The largest absolute Gasteiger partial charge is 0.337 e. The molecule has 2 heterocycles. The van der Waals surface area contributed by atoms with Crippen LogP contribution in [0.2, 0.25) is 0 Å². The summed E-state index contributed by atoms with van der Waals surface area (Å²) in [4.78, 5) is 12.2. The maximum Gasteiger partial charge on any atom is 0.186 e. The number of nitrogens with two attached hydrogens (primary N) is 1. The predicted octanol–water partition coefficient (Wildman–Crippen LogP) is 2.73. The highest BCUT2D eigenvalue weighted by atomic mass is 32.1. The summed E-state index contributed by atoms with van der Waals surface area (Å²) in [7, 11) is 0. The average Bonchev–Trinajstić information content (AvgIpc) is 2.97. The molecule has 0 bridgehead atoms. The molecule has 0 amide bonds. The zero-order valence-electron chi connectivity index (χ0n) is 10.00. The van der Waals surface area contributed by atoms with Crippen molar-refractivity contribution in [3.05, 3.63) is 34.5 Å². The van der Waals surface area contributed by atoms with E-state index < -0.39 is 11.6 Å². The highest BCUT2D eigenvalue weighted by molar-refractivity contribution is 7.15. The van der Waals surface area contributed by atoms with E-state index in [0.29, 0.717) is 17.9 Å². The number of rotatable bonds is 2. The molecule has 0 radical (unpaired) electrons. The number of nitrogens with zero attached hydrogens (tertiary/aromatic N) is 2. The second kappa shape index (κ2) is 4.36. The van der Waals surface area contributed by atoms with E-state index in [0.717, 1.165) is 21.6 Å². The Kier molecular flexibility index (Phi) is 2.79. The monoisotopic (exact) mass is 280 g/mol. The minimum atomic E-state index is -0.943. The molecule has 1 aromatic carbocycles. The fourth-order valence-electron chi connectivity index (χ4n) is 1.88. The Balaban J connectivity index is 2.20. The topological polar surface area (TPSA) is 67.6 Å². The summed E-state index contributed by atoms with van der Waals surface area (Å²) in [6.07, 6.45) is 0. The molecule has 2 aromatic heterocycles. The minimum absolute atomic E-state index is 0.00269. The van der Waals surface area contributed by atoms with Gasteiger partial charge in [0, 0.05) is 6.54 Å². The van der Waals surface area contributed by atoms with E-state index in [1.54, 1.807) is 0 Å². The van der Waals surface area contributed by atoms with Crippen molar-refractivity contribution in [2.75, 3.05) is 0 Å². The van der Waals surface area contributed by atoms with E-state index >= 15 is 0 Å². The highest BCUT2D eigenvalue weighted by Gasteiger charge is 2.16. The van der Waals surface area contributed by atoms with Crippen LogP contribution in [0.1, 0.15) is 10.7 Å². The van der Waals surface area contributed by atoms with E-state index in [9.17, 15) is 8.78 Å². The lowest BCUT2D eigenvalue weighted by Crippen LogP contribution is -1.94. The van der Waals surface area contributed by atoms with Crippen LogP contribution in [0.25, 0.3) is 21.7 Å². The molecule has 0 aliphatic carbocycles. The molecule has 4 nitrogen and oxygen atoms in total. The molecule has 0 saturated heterocycles. The maximum absolute atomic E-state index is 13.6. The van der Waals surface area contributed by atoms with Crippen molar-refractivity contribution >= 4 is 22.4 Å². The average molecular weight is 280 g/mol. The van der Waals surface area contributed by atoms with Crippen LogP contribution < -0.4 is 5.73 Å². The summed E-state index contributed by atoms with van der Waals surface area (Å²) < 4.78 is 26.8. The van der Waals surface area contributed by atoms with Gasteiger partial charge in [-0.1, -0.05) is 0 Å². The number of aryl methyl sites for hydroxylation is 1. The molecule has 98 valence electrons. The number of H-pyrrole nitrogens is 1. The van der Waals surface area contributed by atoms with Crippen LogP contribution in [0, 0.1) is 18.6 Å². The molecule has 0 fully saturated rings. The van der Waals surface area contributed by atoms with Crippen LogP contribution in [-0.4, -0.2) is 15.0 Å². The lowest BCUT2D eigenvalue weighted by molar-refractivity contribution is 0.515. The van der Waals surface area contributed by atoms with Crippen LogP contribution in [0.5, 0.6) is 0 Å². The Morgan fingerprint density at radius 2 is 2.11 bits per heavy atom. The zero-order chi connectivity index (χ0) is 13.6. The van der Waals surface area contributed by atoms with Crippen molar-refractivity contribution in [3.8, 4) is 10.7 Å². The van der Waals surface area contributed by atoms with Gasteiger partial charge in [-0.25, -0.2) is 18.7 Å². The second-order valence-corrected chi connectivity index (χ2v) is 5.15. The van der Waals surface area contributed by atoms with E-state index in [-0.39, 0.29) is 5.52 Å². The van der Waals surface area contributed by atoms with Gasteiger partial charge in [-0.15, -0.1) is 11.3 Å². The molecule has 0 unspecified atom stereocenters. The van der Waals surface area contributed by atoms with Gasteiger partial charge >= 0.3 is 0 Å². The molecular formula is C12H10F2N4S. The maximum atomic E-state index is 13.6. The Morgan fingerprint density at radius 1 is 1.32 bits per heavy atom. The fraction of sp³-hybridized carbons (Fsp3) is 0.167. The van der Waals surface area contributed by atoms with Crippen molar-refractivity contribution in [1.82, 2.24) is 15.0 Å². The number of fused-ring (bicyclic) bond motifs is 1. The Hall–Kier alpha value is -1.86. The number of benzene rings is 1. The van der Waals surface area contributed by atoms with Gasteiger partial charge in [0.2, 0.25) is 0 Å². The van der Waals surface area contributed by atoms with Gasteiger partial charge < -0.3 is 10.7 Å². The molecule has 0 spiro atoms. The quantitative estimate of drug-likeness (QED) is 0.758. The van der Waals surface area contributed by atoms with E-state index in [2.05, 4.69) is 15.0 Å². The first-order chi connectivity index (χ1) is 9.10. The summed E-state index contributed by atoms with van der Waals surface area (Å²) in [5.74, 6) is -1.37. The summed E-state index contributed by atoms with van der Waals surface area (Å²) in [5.41, 5.74) is 6.76. The smallest absolute Gasteiger partial charge is 0.186 e. The first-order valence-electron chi connectivity index (χ1n) is 5.60. The van der Waals surface area contributed by atoms with Crippen LogP contribution in [-0.2, 0) is 6.54 Å². The number of aromatic nitrogens is 3. The van der Waals surface area contributed by atoms with Crippen LogP contribution >= 0.6 is 11.3 Å². The summed E-state index contributed by atoms with van der Waals surface area (Å²) >= 11 is 1.39. The van der Waals surface area contributed by atoms with Gasteiger partial charge in [-0.2, -0.15) is 0 Å². The number of imidazole rings is 1. The number of halogens is 2. The van der Waals surface area contributed by atoms with Gasteiger partial charge in [0.1, 0.15) is 10.5 Å². The van der Waals surface area contributed by atoms with Gasteiger partial charge in [0.15, 0.2) is 17.5 Å². The second-order valence-electron chi connectivity index (χ2n) is 4.07. The summed E-state index contributed by atoms with van der Waals surface area (Å²) in [6.45, 7) is 2.17. The molecule has 0 aliphatic heterocycles. The van der Waals surface area contributed by atoms with Crippen molar-refractivity contribution in [2.45, 2.75) is 13.5 Å². The highest BCUT2D eigenvalue weighted by Crippen LogP contribution is 2.30. The molecule has 0 aliphatic rings. The molecule has 19 heavy (non-hydrogen) atoms. The summed E-state index contributed by atoms with van der Waals surface area (Å²) in [5, 5.41) is 0.777. The lowest BCUT2D eigenvalue weighted by Gasteiger charge is -1.91. The first kappa shape index (κ1) is 12.2. The number of hydrogen-bond donors (Lipinski definition) is 2. The lowest BCUT2D eigenvalue weighted by atomic mass is 10.3. The van der Waals surface area contributed by atoms with Crippen molar-refractivity contribution in [1.29, 1.82) is 0 Å². The number of hydrogen-bond acceptors (Lipinski definition) is 4. The normalized spacial score (nSPS) is 11.4. The van der Waals surface area contributed by atoms with Crippen molar-refractivity contribution < 1.29 is 8.78 Å². The van der Waals surface area contributed by atoms with Gasteiger partial charge in [-0.3, -0.25) is 0 Å². The third-order valence-corrected chi connectivity index (χ3v) is 3.96. The van der Waals surface area contributed by atoms with Gasteiger partial charge in [0.25, 0.3) is 0 Å². The third-order valence-electron chi connectivity index (χ3n) is 2.78. The molecule has 0 saturated carbocycles. The number of thiazole rings is 1. The Labute approximate surface area is 111 Å². The molecule has 3 rings (SSSR count). The van der Waals surface area contributed by atoms with Crippen molar-refractivity contribution in [2.24, 2.45) is 5.73 Å². The van der Waals surface area contributed by atoms with Gasteiger partial charge in [0.05, 0.1) is 16.1 Å². The molecule has 3 aromatic rings. The third kappa shape index (κ3) is 1.91. The molecule has 7 heteroatoms. The SMILES string of the molecule is Cc1nc(CN)sc1-c1nc2c(F)c(F)ccc2[nH]1. The predicted molar refractivity (Wildman–Crippen MR) is 69.7 cm³/mol. The van der Waals surface area contributed by atoms with Gasteiger partial charge in [-0.05, 0) is 19.1 Å². The minimum Gasteiger partial charge on any atom is -0.337 e. The number of nitrogens with one attached hydrogen (secondary N) is 1. The summed E-state index contributed by atoms with van der Waals surface area (Å²) in [6, 6.07) is 2.54.